The minimum Gasteiger partial charge on any atom is -0.489 e. The molecule has 0 aliphatic rings. The second kappa shape index (κ2) is 12.6. The molecule has 2 aromatic rings. The average molecular weight is 353 g/mol. The first-order valence-corrected chi connectivity index (χ1v) is 10.6. The van der Waals surface area contributed by atoms with E-state index in [4.69, 9.17) is 4.74 Å². The van der Waals surface area contributed by atoms with Gasteiger partial charge in [-0.15, -0.1) is 0 Å². The highest BCUT2D eigenvalue weighted by molar-refractivity contribution is 5.28. The van der Waals surface area contributed by atoms with E-state index in [1.807, 2.05) is 6.07 Å². The Labute approximate surface area is 160 Å². The van der Waals surface area contributed by atoms with E-state index >= 15 is 0 Å². The van der Waals surface area contributed by atoms with Crippen molar-refractivity contribution in [2.45, 2.75) is 78.2 Å². The summed E-state index contributed by atoms with van der Waals surface area (Å²) in [7, 11) is 0. The highest BCUT2D eigenvalue weighted by Gasteiger charge is 2.09. The van der Waals surface area contributed by atoms with Gasteiger partial charge in [-0.3, -0.25) is 0 Å². The number of unbranched alkanes of at least 4 members (excludes halogenated alkanes) is 4. The van der Waals surface area contributed by atoms with Gasteiger partial charge in [0.25, 0.3) is 0 Å². The number of benzene rings is 2. The molecule has 142 valence electrons. The second-order valence-electron chi connectivity index (χ2n) is 7.48. The molecule has 0 N–H and O–H groups in total. The first-order chi connectivity index (χ1) is 12.8. The summed E-state index contributed by atoms with van der Waals surface area (Å²) in [5.41, 5.74) is 2.66. The Morgan fingerprint density at radius 3 is 2.12 bits per heavy atom. The maximum absolute atomic E-state index is 5.90. The zero-order chi connectivity index (χ0) is 18.5. The minimum absolute atomic E-state index is 0.635. The lowest BCUT2D eigenvalue weighted by Gasteiger charge is -2.16. The van der Waals surface area contributed by atoms with Gasteiger partial charge in [-0.1, -0.05) is 108 Å². The lowest BCUT2D eigenvalue weighted by Crippen LogP contribution is -2.05. The van der Waals surface area contributed by atoms with E-state index in [9.17, 15) is 0 Å². The molecule has 0 spiro atoms. The smallest absolute Gasteiger partial charge is 0.119 e. The molecule has 2 aromatic carbocycles. The number of rotatable bonds is 13. The monoisotopic (exact) mass is 352 g/mol. The van der Waals surface area contributed by atoms with Crippen LogP contribution in [0.3, 0.4) is 0 Å². The maximum atomic E-state index is 5.90. The molecule has 1 unspecified atom stereocenters. The van der Waals surface area contributed by atoms with Gasteiger partial charge in [-0.2, -0.15) is 0 Å². The molecule has 0 aliphatic carbocycles. The third-order valence-corrected chi connectivity index (χ3v) is 5.11. The SMILES string of the molecule is CCCCCCCC(CCC)Cc1ccc(OCc2ccccc2)cc1. The van der Waals surface area contributed by atoms with Crippen molar-refractivity contribution < 1.29 is 4.74 Å². The van der Waals surface area contributed by atoms with Crippen LogP contribution < -0.4 is 4.74 Å². The van der Waals surface area contributed by atoms with E-state index < -0.39 is 0 Å². The summed E-state index contributed by atoms with van der Waals surface area (Å²) in [4.78, 5) is 0. The van der Waals surface area contributed by atoms with Crippen LogP contribution in [0.5, 0.6) is 5.75 Å². The Morgan fingerprint density at radius 2 is 1.42 bits per heavy atom. The molecular formula is C25H36O. The summed E-state index contributed by atoms with van der Waals surface area (Å²) < 4.78 is 5.90. The van der Waals surface area contributed by atoms with E-state index in [0.717, 1.165) is 11.7 Å². The molecule has 0 radical (unpaired) electrons. The molecule has 0 saturated heterocycles. The second-order valence-corrected chi connectivity index (χ2v) is 7.48. The molecule has 1 atom stereocenters. The third kappa shape index (κ3) is 8.08. The van der Waals surface area contributed by atoms with Crippen molar-refractivity contribution in [3.05, 3.63) is 65.7 Å². The fourth-order valence-corrected chi connectivity index (χ4v) is 3.59. The van der Waals surface area contributed by atoms with Gasteiger partial charge < -0.3 is 4.74 Å². The van der Waals surface area contributed by atoms with E-state index in [2.05, 4.69) is 62.4 Å². The predicted molar refractivity (Wildman–Crippen MR) is 113 cm³/mol. The average Bonchev–Trinajstić information content (AvgIpc) is 2.68. The van der Waals surface area contributed by atoms with E-state index in [-0.39, 0.29) is 0 Å². The summed E-state index contributed by atoms with van der Waals surface area (Å²) in [6.07, 6.45) is 12.1. The van der Waals surface area contributed by atoms with Crippen molar-refractivity contribution in [2.24, 2.45) is 5.92 Å². The topological polar surface area (TPSA) is 9.23 Å². The summed E-state index contributed by atoms with van der Waals surface area (Å²) in [5, 5.41) is 0. The normalized spacial score (nSPS) is 12.1. The lowest BCUT2D eigenvalue weighted by molar-refractivity contribution is 0.306. The summed E-state index contributed by atoms with van der Waals surface area (Å²) in [5.74, 6) is 1.79. The van der Waals surface area contributed by atoms with Gasteiger partial charge in [0.05, 0.1) is 0 Å². The van der Waals surface area contributed by atoms with Crippen molar-refractivity contribution in [1.29, 1.82) is 0 Å². The fourth-order valence-electron chi connectivity index (χ4n) is 3.59. The van der Waals surface area contributed by atoms with E-state index in [0.29, 0.717) is 6.61 Å². The number of ether oxygens (including phenoxy) is 1. The van der Waals surface area contributed by atoms with Gasteiger partial charge in [-0.25, -0.2) is 0 Å². The van der Waals surface area contributed by atoms with Crippen LogP contribution >= 0.6 is 0 Å². The quantitative estimate of drug-likeness (QED) is 0.337. The Hall–Kier alpha value is -1.76. The molecule has 2 rings (SSSR count). The van der Waals surface area contributed by atoms with Gasteiger partial charge in [0.1, 0.15) is 12.4 Å². The Balaban J connectivity index is 1.77. The van der Waals surface area contributed by atoms with Crippen LogP contribution in [-0.4, -0.2) is 0 Å². The Kier molecular flexibility index (Phi) is 9.94. The first kappa shape index (κ1) is 20.6. The zero-order valence-corrected chi connectivity index (χ0v) is 16.8. The van der Waals surface area contributed by atoms with Gasteiger partial charge in [0, 0.05) is 0 Å². The van der Waals surface area contributed by atoms with Gasteiger partial charge >= 0.3 is 0 Å². The maximum Gasteiger partial charge on any atom is 0.119 e. The first-order valence-electron chi connectivity index (χ1n) is 10.6. The van der Waals surface area contributed by atoms with E-state index in [1.165, 1.54) is 68.9 Å². The molecule has 0 aromatic heterocycles. The van der Waals surface area contributed by atoms with Gasteiger partial charge in [0.2, 0.25) is 0 Å². The van der Waals surface area contributed by atoms with Gasteiger partial charge in [0.15, 0.2) is 0 Å². The molecular weight excluding hydrogens is 316 g/mol. The Morgan fingerprint density at radius 1 is 0.692 bits per heavy atom. The fraction of sp³-hybridized carbons (Fsp3) is 0.520. The van der Waals surface area contributed by atoms with Crippen molar-refractivity contribution in [1.82, 2.24) is 0 Å². The lowest BCUT2D eigenvalue weighted by atomic mass is 9.90. The zero-order valence-electron chi connectivity index (χ0n) is 16.8. The van der Waals surface area contributed by atoms with Crippen LogP contribution in [0, 0.1) is 5.92 Å². The highest BCUT2D eigenvalue weighted by atomic mass is 16.5. The van der Waals surface area contributed by atoms with Gasteiger partial charge in [-0.05, 0) is 35.6 Å². The van der Waals surface area contributed by atoms with Crippen LogP contribution in [0.4, 0.5) is 0 Å². The molecule has 26 heavy (non-hydrogen) atoms. The predicted octanol–water partition coefficient (Wildman–Crippen LogP) is 7.58. The summed E-state index contributed by atoms with van der Waals surface area (Å²) in [6, 6.07) is 19.1. The van der Waals surface area contributed by atoms with Crippen LogP contribution in [0.2, 0.25) is 0 Å². The third-order valence-electron chi connectivity index (χ3n) is 5.11. The van der Waals surface area contributed by atoms with Crippen LogP contribution in [0.1, 0.15) is 76.3 Å². The minimum atomic E-state index is 0.635. The molecule has 0 bridgehead atoms. The summed E-state index contributed by atoms with van der Waals surface area (Å²) >= 11 is 0. The molecule has 0 aliphatic heterocycles. The Bertz CT molecular complexity index is 573. The molecule has 0 heterocycles. The number of hydrogen-bond acceptors (Lipinski definition) is 1. The van der Waals surface area contributed by atoms with Crippen LogP contribution in [-0.2, 0) is 13.0 Å². The standard InChI is InChI=1S/C25H36O/c1-3-5-6-7-9-13-22(12-4-2)20-23-16-18-25(19-17-23)26-21-24-14-10-8-11-15-24/h8,10-11,14-19,22H,3-7,9,12-13,20-21H2,1-2H3. The van der Waals surface area contributed by atoms with E-state index in [1.54, 1.807) is 0 Å². The van der Waals surface area contributed by atoms with Crippen molar-refractivity contribution in [2.75, 3.05) is 0 Å². The van der Waals surface area contributed by atoms with Crippen molar-refractivity contribution >= 4 is 0 Å². The molecule has 1 nitrogen and oxygen atoms in total. The number of hydrogen-bond donors (Lipinski definition) is 0. The molecule has 0 saturated carbocycles. The van der Waals surface area contributed by atoms with Crippen LogP contribution in [0.15, 0.2) is 54.6 Å². The van der Waals surface area contributed by atoms with Crippen molar-refractivity contribution in [3.8, 4) is 5.75 Å². The molecule has 0 amide bonds. The summed E-state index contributed by atoms with van der Waals surface area (Å²) in [6.45, 7) is 5.23. The molecule has 1 heteroatoms. The highest BCUT2D eigenvalue weighted by Crippen LogP contribution is 2.23. The van der Waals surface area contributed by atoms with Crippen LogP contribution in [0.25, 0.3) is 0 Å². The van der Waals surface area contributed by atoms with Crippen molar-refractivity contribution in [3.63, 3.8) is 0 Å². The largest absolute Gasteiger partial charge is 0.489 e. The molecule has 0 fully saturated rings.